The van der Waals surface area contributed by atoms with Gasteiger partial charge in [0.25, 0.3) is 0 Å². The summed E-state index contributed by atoms with van der Waals surface area (Å²) in [6, 6.07) is 14.6. The van der Waals surface area contributed by atoms with Gasteiger partial charge in [0, 0.05) is 42.0 Å². The van der Waals surface area contributed by atoms with E-state index in [1.165, 1.54) is 16.6 Å². The van der Waals surface area contributed by atoms with E-state index in [-0.39, 0.29) is 0 Å². The molecular formula is C25H30N4O3. The van der Waals surface area contributed by atoms with Gasteiger partial charge in [0.2, 0.25) is 5.75 Å². The Balaban J connectivity index is 1.52. The minimum Gasteiger partial charge on any atom is -0.493 e. The molecule has 0 fully saturated rings. The lowest BCUT2D eigenvalue weighted by atomic mass is 10.1. The van der Waals surface area contributed by atoms with Crippen LogP contribution in [0, 0.1) is 6.92 Å². The zero-order chi connectivity index (χ0) is 22.7. The van der Waals surface area contributed by atoms with Crippen LogP contribution in [0.5, 0.6) is 17.2 Å². The van der Waals surface area contributed by atoms with Gasteiger partial charge < -0.3 is 23.7 Å². The quantitative estimate of drug-likeness (QED) is 0.420. The van der Waals surface area contributed by atoms with Gasteiger partial charge in [0.1, 0.15) is 0 Å². The van der Waals surface area contributed by atoms with E-state index in [9.17, 15) is 0 Å². The van der Waals surface area contributed by atoms with Crippen molar-refractivity contribution in [2.45, 2.75) is 20.0 Å². The average Bonchev–Trinajstić information content (AvgIpc) is 3.39. The van der Waals surface area contributed by atoms with Crippen molar-refractivity contribution in [1.82, 2.24) is 19.7 Å². The van der Waals surface area contributed by atoms with Crippen molar-refractivity contribution in [3.8, 4) is 28.5 Å². The number of methoxy groups -OCH3 is 3. The molecule has 2 aromatic heterocycles. The summed E-state index contributed by atoms with van der Waals surface area (Å²) in [6.45, 7) is 4.77. The van der Waals surface area contributed by atoms with Crippen molar-refractivity contribution in [1.29, 1.82) is 0 Å². The van der Waals surface area contributed by atoms with Crippen LogP contribution in [0.3, 0.4) is 0 Å². The summed E-state index contributed by atoms with van der Waals surface area (Å²) in [5.41, 5.74) is 5.54. The SMILES string of the molecule is COc1cc(-c2[nH]ncc2CN(C)CCn2c(C)cc3ccccc32)cc(OC)c1OC. The maximum absolute atomic E-state index is 5.51. The molecule has 0 aliphatic carbocycles. The minimum atomic E-state index is 0.575. The summed E-state index contributed by atoms with van der Waals surface area (Å²) < 4.78 is 18.8. The Hall–Kier alpha value is -3.45. The Kier molecular flexibility index (Phi) is 6.37. The number of likely N-dealkylation sites (N-methyl/N-ethyl adjacent to an activating group) is 1. The van der Waals surface area contributed by atoms with Gasteiger partial charge in [-0.2, -0.15) is 5.10 Å². The first-order valence-electron chi connectivity index (χ1n) is 10.6. The number of fused-ring (bicyclic) bond motifs is 1. The van der Waals surface area contributed by atoms with E-state index in [1.54, 1.807) is 21.3 Å². The van der Waals surface area contributed by atoms with Gasteiger partial charge in [-0.25, -0.2) is 0 Å². The molecule has 1 N–H and O–H groups in total. The molecule has 168 valence electrons. The molecule has 0 aliphatic heterocycles. The minimum absolute atomic E-state index is 0.575. The van der Waals surface area contributed by atoms with Gasteiger partial charge in [-0.15, -0.1) is 0 Å². The van der Waals surface area contributed by atoms with Crippen molar-refractivity contribution in [2.24, 2.45) is 0 Å². The van der Waals surface area contributed by atoms with Crippen molar-refractivity contribution in [3.63, 3.8) is 0 Å². The van der Waals surface area contributed by atoms with E-state index in [0.717, 1.165) is 36.5 Å². The number of rotatable bonds is 9. The molecule has 4 aromatic rings. The maximum atomic E-state index is 5.51. The average molecular weight is 435 g/mol. The number of nitrogens with zero attached hydrogens (tertiary/aromatic N) is 3. The van der Waals surface area contributed by atoms with Gasteiger partial charge in [0.05, 0.1) is 33.2 Å². The molecule has 4 rings (SSSR count). The first-order chi connectivity index (χ1) is 15.5. The number of para-hydroxylation sites is 1. The number of H-pyrrole nitrogens is 1. The summed E-state index contributed by atoms with van der Waals surface area (Å²) in [5.74, 6) is 1.81. The maximum Gasteiger partial charge on any atom is 0.203 e. The zero-order valence-electron chi connectivity index (χ0n) is 19.3. The number of aromatic nitrogens is 3. The normalized spacial score (nSPS) is 11.3. The molecule has 0 amide bonds. The van der Waals surface area contributed by atoms with Gasteiger partial charge in [0.15, 0.2) is 11.5 Å². The fourth-order valence-corrected chi connectivity index (χ4v) is 4.19. The van der Waals surface area contributed by atoms with Crippen molar-refractivity contribution < 1.29 is 14.2 Å². The molecule has 0 bridgehead atoms. The highest BCUT2D eigenvalue weighted by Crippen LogP contribution is 2.41. The summed E-state index contributed by atoms with van der Waals surface area (Å²) >= 11 is 0. The lowest BCUT2D eigenvalue weighted by molar-refractivity contribution is 0.313. The molecule has 0 aliphatic rings. The number of hydrogen-bond donors (Lipinski definition) is 1. The Morgan fingerprint density at radius 1 is 1.00 bits per heavy atom. The number of aryl methyl sites for hydroxylation is 1. The molecule has 0 unspecified atom stereocenters. The Morgan fingerprint density at radius 3 is 2.41 bits per heavy atom. The van der Waals surface area contributed by atoms with Gasteiger partial charge in [-0.1, -0.05) is 18.2 Å². The van der Waals surface area contributed by atoms with Gasteiger partial charge >= 0.3 is 0 Å². The van der Waals surface area contributed by atoms with Crippen LogP contribution < -0.4 is 14.2 Å². The van der Waals surface area contributed by atoms with E-state index >= 15 is 0 Å². The largest absolute Gasteiger partial charge is 0.493 e. The van der Waals surface area contributed by atoms with E-state index < -0.39 is 0 Å². The Bertz CT molecular complexity index is 1190. The highest BCUT2D eigenvalue weighted by atomic mass is 16.5. The smallest absolute Gasteiger partial charge is 0.203 e. The fraction of sp³-hybridized carbons (Fsp3) is 0.320. The number of aromatic amines is 1. The van der Waals surface area contributed by atoms with Crippen LogP contribution in [-0.4, -0.2) is 54.6 Å². The molecule has 2 heterocycles. The van der Waals surface area contributed by atoms with E-state index in [1.807, 2.05) is 18.3 Å². The predicted molar refractivity (Wildman–Crippen MR) is 127 cm³/mol. The number of hydrogen-bond acceptors (Lipinski definition) is 5. The lowest BCUT2D eigenvalue weighted by Gasteiger charge is -2.19. The number of ether oxygens (including phenoxy) is 3. The highest BCUT2D eigenvalue weighted by molar-refractivity contribution is 5.81. The molecule has 0 saturated heterocycles. The third-order valence-electron chi connectivity index (χ3n) is 5.83. The molecule has 7 heteroatoms. The number of nitrogens with one attached hydrogen (secondary N) is 1. The molecule has 2 aromatic carbocycles. The van der Waals surface area contributed by atoms with Crippen molar-refractivity contribution >= 4 is 10.9 Å². The lowest BCUT2D eigenvalue weighted by Crippen LogP contribution is -2.23. The topological polar surface area (TPSA) is 64.5 Å². The third kappa shape index (κ3) is 4.16. The summed E-state index contributed by atoms with van der Waals surface area (Å²) in [7, 11) is 6.98. The van der Waals surface area contributed by atoms with Gasteiger partial charge in [-0.05, 0) is 43.6 Å². The van der Waals surface area contributed by atoms with Crippen LogP contribution in [-0.2, 0) is 13.1 Å². The zero-order valence-corrected chi connectivity index (χ0v) is 19.3. The Morgan fingerprint density at radius 2 is 1.72 bits per heavy atom. The van der Waals surface area contributed by atoms with E-state index in [2.05, 4.69) is 64.0 Å². The predicted octanol–water partition coefficient (Wildman–Crippen LogP) is 4.50. The van der Waals surface area contributed by atoms with Gasteiger partial charge in [-0.3, -0.25) is 5.10 Å². The fourth-order valence-electron chi connectivity index (χ4n) is 4.19. The third-order valence-corrected chi connectivity index (χ3v) is 5.83. The first kappa shape index (κ1) is 21.8. The second kappa shape index (κ2) is 9.36. The van der Waals surface area contributed by atoms with E-state index in [4.69, 9.17) is 14.2 Å². The Labute approximate surface area is 188 Å². The van der Waals surface area contributed by atoms with Crippen molar-refractivity contribution in [2.75, 3.05) is 34.9 Å². The molecule has 0 atom stereocenters. The van der Waals surface area contributed by atoms with Crippen LogP contribution >= 0.6 is 0 Å². The van der Waals surface area contributed by atoms with Crippen LogP contribution in [0.25, 0.3) is 22.2 Å². The summed E-state index contributed by atoms with van der Waals surface area (Å²) in [5, 5.41) is 8.72. The second-order valence-corrected chi connectivity index (χ2v) is 7.92. The van der Waals surface area contributed by atoms with Crippen LogP contribution in [0.1, 0.15) is 11.3 Å². The molecule has 7 nitrogen and oxygen atoms in total. The van der Waals surface area contributed by atoms with Crippen molar-refractivity contribution in [3.05, 3.63) is 59.9 Å². The monoisotopic (exact) mass is 434 g/mol. The molecular weight excluding hydrogens is 404 g/mol. The second-order valence-electron chi connectivity index (χ2n) is 7.92. The molecule has 0 radical (unpaired) electrons. The molecule has 0 saturated carbocycles. The van der Waals surface area contributed by atoms with Crippen LogP contribution in [0.4, 0.5) is 0 Å². The summed E-state index contributed by atoms with van der Waals surface area (Å²) in [4.78, 5) is 2.31. The highest BCUT2D eigenvalue weighted by Gasteiger charge is 2.17. The van der Waals surface area contributed by atoms with E-state index in [0.29, 0.717) is 17.2 Å². The molecule has 32 heavy (non-hydrogen) atoms. The standard InChI is InChI=1S/C25H30N4O3/c1-17-12-18-8-6-7-9-21(18)29(17)11-10-28(2)16-20-15-26-27-24(20)19-13-22(30-3)25(32-5)23(14-19)31-4/h6-9,12-15H,10-11,16H2,1-5H3,(H,26,27). The first-order valence-corrected chi connectivity index (χ1v) is 10.6. The van der Waals surface area contributed by atoms with Crippen LogP contribution in [0.2, 0.25) is 0 Å². The number of benzene rings is 2. The van der Waals surface area contributed by atoms with Crippen LogP contribution in [0.15, 0.2) is 48.7 Å². The summed E-state index contributed by atoms with van der Waals surface area (Å²) in [6.07, 6.45) is 1.88. The molecule has 0 spiro atoms.